The number of fused-ring (bicyclic) bond motifs is 2. The van der Waals surface area contributed by atoms with E-state index >= 15 is 0 Å². The molecule has 0 aromatic carbocycles. The van der Waals surface area contributed by atoms with Crippen LogP contribution in [0.3, 0.4) is 0 Å². The third kappa shape index (κ3) is 3.36. The molecule has 4 heterocycles. The molecule has 2 aliphatic carbocycles. The first-order valence-electron chi connectivity index (χ1n) is 12.9. The molecule has 1 N–H and O–H groups in total. The Morgan fingerprint density at radius 2 is 1.88 bits per heavy atom. The molecule has 34 heavy (non-hydrogen) atoms. The molecule has 8 nitrogen and oxygen atoms in total. The number of carboxylic acids is 1. The largest absolute Gasteiger partial charge is 0.477 e. The number of piperidine rings is 1. The van der Waals surface area contributed by atoms with Gasteiger partial charge in [0.1, 0.15) is 11.3 Å². The van der Waals surface area contributed by atoms with Crippen molar-refractivity contribution in [2.45, 2.75) is 107 Å². The third-order valence-electron chi connectivity index (χ3n) is 8.63. The van der Waals surface area contributed by atoms with E-state index in [4.69, 9.17) is 19.4 Å². The lowest BCUT2D eigenvalue weighted by Gasteiger charge is -2.50. The van der Waals surface area contributed by atoms with Gasteiger partial charge >= 0.3 is 5.97 Å². The summed E-state index contributed by atoms with van der Waals surface area (Å²) in [7, 11) is 1.80. The third-order valence-corrected chi connectivity index (χ3v) is 8.63. The van der Waals surface area contributed by atoms with E-state index in [2.05, 4.69) is 9.88 Å². The first-order chi connectivity index (χ1) is 16.5. The Bertz CT molecular complexity index is 1090. The fourth-order valence-electron chi connectivity index (χ4n) is 7.00. The molecule has 4 fully saturated rings. The second-order valence-electron chi connectivity index (χ2n) is 10.7. The number of hydrogen-bond donors (Lipinski definition) is 1. The van der Waals surface area contributed by atoms with Crippen molar-refractivity contribution in [1.82, 2.24) is 15.1 Å². The second kappa shape index (κ2) is 8.33. The molecule has 8 heteroatoms. The van der Waals surface area contributed by atoms with Crippen molar-refractivity contribution in [3.63, 3.8) is 0 Å². The van der Waals surface area contributed by atoms with E-state index in [-0.39, 0.29) is 17.8 Å². The van der Waals surface area contributed by atoms with E-state index < -0.39 is 11.5 Å². The number of aromatic carboxylic acids is 1. The zero-order valence-electron chi connectivity index (χ0n) is 20.1. The van der Waals surface area contributed by atoms with Gasteiger partial charge in [-0.3, -0.25) is 0 Å². The van der Waals surface area contributed by atoms with Gasteiger partial charge in [-0.1, -0.05) is 24.4 Å². The minimum Gasteiger partial charge on any atom is -0.477 e. The molecule has 2 saturated carbocycles. The lowest BCUT2D eigenvalue weighted by atomic mass is 9.74. The van der Waals surface area contributed by atoms with Crippen LogP contribution in [0.15, 0.2) is 10.6 Å². The Labute approximate surface area is 200 Å². The number of carbonyl (C=O) groups is 1. The number of rotatable bonds is 6. The normalized spacial score (nSPS) is 29.5. The number of nitrogens with zero attached hydrogens (tertiary/aromatic N) is 4. The van der Waals surface area contributed by atoms with Crippen molar-refractivity contribution in [2.75, 3.05) is 12.0 Å². The highest BCUT2D eigenvalue weighted by atomic mass is 16.5. The highest BCUT2D eigenvalue weighted by Crippen LogP contribution is 2.58. The maximum Gasteiger partial charge on any atom is 0.354 e. The zero-order valence-corrected chi connectivity index (χ0v) is 20.1. The quantitative estimate of drug-likeness (QED) is 0.630. The van der Waals surface area contributed by atoms with Crippen LogP contribution < -0.4 is 4.90 Å². The Kier molecular flexibility index (Phi) is 5.39. The molecule has 0 amide bonds. The molecule has 3 atom stereocenters. The number of anilines is 1. The summed E-state index contributed by atoms with van der Waals surface area (Å²) in [5.74, 6) is 1.32. The molecule has 0 radical (unpaired) electrons. The van der Waals surface area contributed by atoms with E-state index in [1.165, 1.54) is 24.8 Å². The van der Waals surface area contributed by atoms with Gasteiger partial charge in [0, 0.05) is 36.2 Å². The highest BCUT2D eigenvalue weighted by Gasteiger charge is 2.60. The van der Waals surface area contributed by atoms with Crippen LogP contribution >= 0.6 is 0 Å². The van der Waals surface area contributed by atoms with E-state index in [0.717, 1.165) is 62.8 Å². The maximum absolute atomic E-state index is 11.8. The van der Waals surface area contributed by atoms with E-state index in [1.54, 1.807) is 13.2 Å². The molecule has 0 spiro atoms. The van der Waals surface area contributed by atoms with Gasteiger partial charge in [-0.05, 0) is 64.4 Å². The first kappa shape index (κ1) is 22.0. The summed E-state index contributed by atoms with van der Waals surface area (Å²) in [4.78, 5) is 23.5. The second-order valence-corrected chi connectivity index (χ2v) is 10.7. The standard InChI is InChI=1S/C26H34N4O4/c1-15-14-19(24(31)32)28-25(27-15)30-18-10-11-20(33-2)26(30,13-12-18)21-22(16-6-4-3-5-7-16)29-34-23(21)17-8-9-17/h14,16-18,20H,3-13H2,1-2H3,(H,31,32). The Balaban J connectivity index is 1.56. The molecule has 2 aliphatic heterocycles. The Morgan fingerprint density at radius 3 is 2.59 bits per heavy atom. The van der Waals surface area contributed by atoms with E-state index in [0.29, 0.717) is 23.5 Å². The van der Waals surface area contributed by atoms with Crippen LogP contribution in [0.1, 0.15) is 116 Å². The molecule has 6 rings (SSSR count). The topological polar surface area (TPSA) is 102 Å². The fourth-order valence-corrected chi connectivity index (χ4v) is 7.00. The summed E-state index contributed by atoms with van der Waals surface area (Å²) >= 11 is 0. The minimum absolute atomic E-state index is 0.0387. The minimum atomic E-state index is -1.03. The fraction of sp³-hybridized carbons (Fsp3) is 0.692. The van der Waals surface area contributed by atoms with Crippen LogP contribution in [-0.4, -0.2) is 45.5 Å². The SMILES string of the molecule is COC1CCC2CCC1(c1c(C3CCCCC3)noc1C1CC1)N2c1nc(C)cc(C(=O)O)n1. The average molecular weight is 467 g/mol. The molecule has 4 aliphatic rings. The average Bonchev–Trinajstić information content (AvgIpc) is 3.53. The Hall–Kier alpha value is -2.48. The molecule has 3 unspecified atom stereocenters. The number of aromatic nitrogens is 3. The summed E-state index contributed by atoms with van der Waals surface area (Å²) in [6.45, 7) is 1.84. The molecule has 2 bridgehead atoms. The van der Waals surface area contributed by atoms with Crippen LogP contribution in [0, 0.1) is 6.92 Å². The van der Waals surface area contributed by atoms with Gasteiger partial charge in [0.15, 0.2) is 5.69 Å². The van der Waals surface area contributed by atoms with Crippen molar-refractivity contribution < 1.29 is 19.2 Å². The van der Waals surface area contributed by atoms with Crippen molar-refractivity contribution >= 4 is 11.9 Å². The van der Waals surface area contributed by atoms with Gasteiger partial charge in [-0.25, -0.2) is 14.8 Å². The van der Waals surface area contributed by atoms with Crippen LogP contribution in [0.5, 0.6) is 0 Å². The summed E-state index contributed by atoms with van der Waals surface area (Å²) < 4.78 is 12.4. The molecule has 2 aromatic rings. The van der Waals surface area contributed by atoms with Gasteiger partial charge in [-0.2, -0.15) is 0 Å². The molecular formula is C26H34N4O4. The van der Waals surface area contributed by atoms with Crippen LogP contribution in [0.4, 0.5) is 5.95 Å². The number of methoxy groups -OCH3 is 1. The lowest BCUT2D eigenvalue weighted by Crippen LogP contribution is -2.58. The summed E-state index contributed by atoms with van der Waals surface area (Å²) in [6, 6.07) is 1.79. The lowest BCUT2D eigenvalue weighted by molar-refractivity contribution is 0.0128. The van der Waals surface area contributed by atoms with Gasteiger partial charge in [0.05, 0.1) is 11.8 Å². The van der Waals surface area contributed by atoms with Crippen molar-refractivity contribution in [1.29, 1.82) is 0 Å². The van der Waals surface area contributed by atoms with Gasteiger partial charge in [0.25, 0.3) is 0 Å². The summed E-state index contributed by atoms with van der Waals surface area (Å²) in [6.07, 6.45) is 12.1. The van der Waals surface area contributed by atoms with Crippen molar-refractivity contribution in [2.24, 2.45) is 0 Å². The van der Waals surface area contributed by atoms with Gasteiger partial charge in [0.2, 0.25) is 5.95 Å². The highest BCUT2D eigenvalue weighted by molar-refractivity contribution is 5.85. The van der Waals surface area contributed by atoms with E-state index in [9.17, 15) is 9.90 Å². The molecular weight excluding hydrogens is 432 g/mol. The zero-order chi connectivity index (χ0) is 23.4. The molecule has 2 aromatic heterocycles. The summed E-state index contributed by atoms with van der Waals surface area (Å²) in [5, 5.41) is 14.5. The molecule has 2 saturated heterocycles. The Morgan fingerprint density at radius 1 is 1.09 bits per heavy atom. The predicted molar refractivity (Wildman–Crippen MR) is 125 cm³/mol. The number of carboxylic acid groups (broad SMARTS) is 1. The van der Waals surface area contributed by atoms with Crippen LogP contribution in [0.25, 0.3) is 0 Å². The number of hydrogen-bond acceptors (Lipinski definition) is 7. The predicted octanol–water partition coefficient (Wildman–Crippen LogP) is 5.07. The summed E-state index contributed by atoms with van der Waals surface area (Å²) in [5.41, 5.74) is 2.56. The molecule has 182 valence electrons. The van der Waals surface area contributed by atoms with Crippen LogP contribution in [-0.2, 0) is 10.3 Å². The van der Waals surface area contributed by atoms with Crippen molar-refractivity contribution in [3.05, 3.63) is 34.5 Å². The van der Waals surface area contributed by atoms with Crippen molar-refractivity contribution in [3.8, 4) is 0 Å². The monoisotopic (exact) mass is 466 g/mol. The number of ether oxygens (including phenoxy) is 1. The van der Waals surface area contributed by atoms with E-state index in [1.807, 2.05) is 6.92 Å². The van der Waals surface area contributed by atoms with Gasteiger partial charge in [-0.15, -0.1) is 0 Å². The maximum atomic E-state index is 11.8. The smallest absolute Gasteiger partial charge is 0.354 e. The number of aryl methyl sites for hydroxylation is 1. The first-order valence-corrected chi connectivity index (χ1v) is 12.9. The van der Waals surface area contributed by atoms with Crippen LogP contribution in [0.2, 0.25) is 0 Å². The van der Waals surface area contributed by atoms with Gasteiger partial charge < -0.3 is 19.3 Å².